The molecule has 2 aliphatic rings. The zero-order chi connectivity index (χ0) is 18.8. The number of carbonyl (C=O) groups is 2. The van der Waals surface area contributed by atoms with E-state index in [9.17, 15) is 9.59 Å². The fourth-order valence-corrected chi connectivity index (χ4v) is 3.19. The molecule has 1 saturated carbocycles. The van der Waals surface area contributed by atoms with E-state index in [0.717, 1.165) is 29.9 Å². The van der Waals surface area contributed by atoms with Crippen LogP contribution >= 0.6 is 0 Å². The van der Waals surface area contributed by atoms with Crippen LogP contribution in [0.3, 0.4) is 0 Å². The summed E-state index contributed by atoms with van der Waals surface area (Å²) in [4.78, 5) is 34.7. The van der Waals surface area contributed by atoms with Gasteiger partial charge in [-0.3, -0.25) is 14.6 Å². The van der Waals surface area contributed by atoms with Crippen LogP contribution in [0.25, 0.3) is 0 Å². The molecule has 140 valence electrons. The zero-order valence-corrected chi connectivity index (χ0v) is 15.4. The molecular weight excluding hydrogens is 342 g/mol. The maximum Gasteiger partial charge on any atom is 0.256 e. The summed E-state index contributed by atoms with van der Waals surface area (Å²) in [5, 5.41) is 6.20. The van der Waals surface area contributed by atoms with Gasteiger partial charge in [0.05, 0.1) is 17.8 Å². The molecule has 0 atom stereocenters. The van der Waals surface area contributed by atoms with Crippen LogP contribution in [0.4, 0.5) is 5.82 Å². The highest BCUT2D eigenvalue weighted by atomic mass is 16.2. The number of hydrogen-bond donors (Lipinski definition) is 2. The van der Waals surface area contributed by atoms with Crippen LogP contribution in [0, 0.1) is 12.8 Å². The fraction of sp³-hybridized carbons (Fsp3) is 0.400. The van der Waals surface area contributed by atoms with Crippen LogP contribution in [0.5, 0.6) is 0 Å². The zero-order valence-electron chi connectivity index (χ0n) is 15.4. The van der Waals surface area contributed by atoms with E-state index in [4.69, 9.17) is 0 Å². The normalized spacial score (nSPS) is 15.6. The summed E-state index contributed by atoms with van der Waals surface area (Å²) < 4.78 is 0. The molecule has 2 aromatic rings. The minimum atomic E-state index is -0.0205. The lowest BCUT2D eigenvalue weighted by Gasteiger charge is -2.15. The first-order chi connectivity index (χ1) is 13.1. The van der Waals surface area contributed by atoms with E-state index in [1.165, 1.54) is 5.56 Å². The predicted octanol–water partition coefficient (Wildman–Crippen LogP) is 1.88. The minimum absolute atomic E-state index is 0.0205. The van der Waals surface area contributed by atoms with Gasteiger partial charge >= 0.3 is 0 Å². The third-order valence-corrected chi connectivity index (χ3v) is 5.07. The van der Waals surface area contributed by atoms with Gasteiger partial charge in [-0.25, -0.2) is 4.98 Å². The van der Waals surface area contributed by atoms with E-state index in [0.29, 0.717) is 31.7 Å². The first kappa shape index (κ1) is 17.5. The van der Waals surface area contributed by atoms with E-state index in [2.05, 4.69) is 20.6 Å². The van der Waals surface area contributed by atoms with Crippen LogP contribution in [-0.4, -0.2) is 39.8 Å². The van der Waals surface area contributed by atoms with E-state index >= 15 is 0 Å². The maximum absolute atomic E-state index is 12.5. The van der Waals surface area contributed by atoms with Crippen molar-refractivity contribution in [1.82, 2.24) is 20.2 Å². The number of aryl methyl sites for hydroxylation is 1. The number of aromatic nitrogens is 2. The smallest absolute Gasteiger partial charge is 0.256 e. The number of nitrogens with one attached hydrogen (secondary N) is 2. The Morgan fingerprint density at radius 2 is 2.15 bits per heavy atom. The van der Waals surface area contributed by atoms with E-state index in [1.54, 1.807) is 11.1 Å². The number of pyridine rings is 2. The second-order valence-electron chi connectivity index (χ2n) is 7.14. The van der Waals surface area contributed by atoms with Gasteiger partial charge in [0.1, 0.15) is 5.82 Å². The Kier molecular flexibility index (Phi) is 4.75. The van der Waals surface area contributed by atoms with Crippen molar-refractivity contribution < 1.29 is 9.59 Å². The highest BCUT2D eigenvalue weighted by Gasteiger charge is 2.31. The van der Waals surface area contributed by atoms with Crippen LogP contribution in [-0.2, 0) is 17.9 Å². The maximum atomic E-state index is 12.5. The Labute approximate surface area is 158 Å². The molecule has 7 heteroatoms. The summed E-state index contributed by atoms with van der Waals surface area (Å²) in [6.07, 6.45) is 5.59. The summed E-state index contributed by atoms with van der Waals surface area (Å²) >= 11 is 0. The number of rotatable bonds is 7. The molecule has 0 saturated heterocycles. The molecule has 0 spiro atoms. The van der Waals surface area contributed by atoms with Crippen molar-refractivity contribution in [1.29, 1.82) is 0 Å². The average Bonchev–Trinajstić information content (AvgIpc) is 3.47. The topological polar surface area (TPSA) is 87.2 Å². The van der Waals surface area contributed by atoms with Crippen LogP contribution in [0.15, 0.2) is 30.6 Å². The minimum Gasteiger partial charge on any atom is -0.366 e. The Morgan fingerprint density at radius 1 is 1.30 bits per heavy atom. The Bertz CT molecular complexity index is 878. The van der Waals surface area contributed by atoms with Crippen molar-refractivity contribution in [3.8, 4) is 0 Å². The van der Waals surface area contributed by atoms with Gasteiger partial charge in [-0.1, -0.05) is 0 Å². The summed E-state index contributed by atoms with van der Waals surface area (Å²) in [5.74, 6) is 1.02. The lowest BCUT2D eigenvalue weighted by Crippen LogP contribution is -2.35. The number of anilines is 1. The van der Waals surface area contributed by atoms with Gasteiger partial charge in [-0.2, -0.15) is 0 Å². The molecule has 2 aromatic heterocycles. The van der Waals surface area contributed by atoms with Gasteiger partial charge in [0, 0.05) is 37.9 Å². The average molecular weight is 365 g/mol. The molecule has 0 unspecified atom stereocenters. The number of carbonyl (C=O) groups excluding carboxylic acids is 2. The van der Waals surface area contributed by atoms with E-state index < -0.39 is 0 Å². The SMILES string of the molecule is Cc1ccncc1CNc1ccc2c(n1)CN(CCNC(=O)C1CC1)C2=O. The molecule has 4 rings (SSSR count). The fourth-order valence-electron chi connectivity index (χ4n) is 3.19. The molecular formula is C20H23N5O2. The number of fused-ring (bicyclic) bond motifs is 1. The lowest BCUT2D eigenvalue weighted by atomic mass is 10.1. The predicted molar refractivity (Wildman–Crippen MR) is 101 cm³/mol. The van der Waals surface area contributed by atoms with Crippen molar-refractivity contribution in [2.75, 3.05) is 18.4 Å². The summed E-state index contributed by atoms with van der Waals surface area (Å²) in [6.45, 7) is 4.16. The quantitative estimate of drug-likeness (QED) is 0.782. The van der Waals surface area contributed by atoms with Gasteiger partial charge in [-0.05, 0) is 49.1 Å². The van der Waals surface area contributed by atoms with Crippen molar-refractivity contribution >= 4 is 17.6 Å². The Balaban J connectivity index is 1.34. The number of amides is 2. The summed E-state index contributed by atoms with van der Waals surface area (Å²) in [5.41, 5.74) is 3.71. The second-order valence-corrected chi connectivity index (χ2v) is 7.14. The summed E-state index contributed by atoms with van der Waals surface area (Å²) in [7, 11) is 0. The largest absolute Gasteiger partial charge is 0.366 e. The molecule has 3 heterocycles. The molecule has 2 N–H and O–H groups in total. The molecule has 7 nitrogen and oxygen atoms in total. The molecule has 2 amide bonds. The van der Waals surface area contributed by atoms with Gasteiger partial charge in [0.15, 0.2) is 0 Å². The van der Waals surface area contributed by atoms with Crippen molar-refractivity contribution in [2.24, 2.45) is 5.92 Å². The second kappa shape index (κ2) is 7.34. The van der Waals surface area contributed by atoms with Gasteiger partial charge < -0.3 is 15.5 Å². The monoisotopic (exact) mass is 365 g/mol. The molecule has 1 aliphatic carbocycles. The van der Waals surface area contributed by atoms with E-state index in [1.807, 2.05) is 31.3 Å². The Morgan fingerprint density at radius 3 is 2.93 bits per heavy atom. The van der Waals surface area contributed by atoms with Gasteiger partial charge in [0.25, 0.3) is 5.91 Å². The highest BCUT2D eigenvalue weighted by molar-refractivity contribution is 5.98. The standard InChI is InChI=1S/C20H23N5O2/c1-13-6-7-21-10-15(13)11-23-18-5-4-16-17(24-18)12-25(20(16)27)9-8-22-19(26)14-2-3-14/h4-7,10,14H,2-3,8-9,11-12H2,1H3,(H,22,26)(H,23,24). The Hall–Kier alpha value is -2.96. The third-order valence-electron chi connectivity index (χ3n) is 5.07. The van der Waals surface area contributed by atoms with Crippen LogP contribution < -0.4 is 10.6 Å². The number of nitrogens with zero attached hydrogens (tertiary/aromatic N) is 3. The van der Waals surface area contributed by atoms with Crippen molar-refractivity contribution in [2.45, 2.75) is 32.9 Å². The summed E-state index contributed by atoms with van der Waals surface area (Å²) in [6, 6.07) is 5.64. The van der Waals surface area contributed by atoms with Crippen molar-refractivity contribution in [3.05, 3.63) is 53.0 Å². The third kappa shape index (κ3) is 3.92. The lowest BCUT2D eigenvalue weighted by molar-refractivity contribution is -0.122. The highest BCUT2D eigenvalue weighted by Crippen LogP contribution is 2.28. The first-order valence-electron chi connectivity index (χ1n) is 9.32. The van der Waals surface area contributed by atoms with Gasteiger partial charge in [-0.15, -0.1) is 0 Å². The molecule has 1 fully saturated rings. The molecule has 0 aromatic carbocycles. The van der Waals surface area contributed by atoms with Crippen LogP contribution in [0.2, 0.25) is 0 Å². The molecule has 1 aliphatic heterocycles. The molecule has 0 radical (unpaired) electrons. The van der Waals surface area contributed by atoms with E-state index in [-0.39, 0.29) is 17.7 Å². The van der Waals surface area contributed by atoms with Crippen molar-refractivity contribution in [3.63, 3.8) is 0 Å². The first-order valence-corrected chi connectivity index (χ1v) is 9.32. The molecule has 27 heavy (non-hydrogen) atoms. The molecule has 0 bridgehead atoms. The van der Waals surface area contributed by atoms with Gasteiger partial charge in [0.2, 0.25) is 5.91 Å². The van der Waals surface area contributed by atoms with Crippen LogP contribution in [0.1, 0.15) is 40.0 Å². The number of hydrogen-bond acceptors (Lipinski definition) is 5.